The molecule has 3 nitrogen and oxygen atoms in total. The highest BCUT2D eigenvalue weighted by Crippen LogP contribution is 2.10. The molecule has 0 rings (SSSR count). The lowest BCUT2D eigenvalue weighted by Crippen LogP contribution is -2.39. The van der Waals surface area contributed by atoms with Crippen LogP contribution in [0.2, 0.25) is 0 Å². The molecule has 0 bridgehead atoms. The Morgan fingerprint density at radius 2 is 1.42 bits per heavy atom. The lowest BCUT2D eigenvalue weighted by molar-refractivity contribution is -0.0977. The SMILES string of the molecule is CCOC(C(O)CC)C(O)CC. The molecule has 2 N–H and O–H groups in total. The maximum absolute atomic E-state index is 9.47. The summed E-state index contributed by atoms with van der Waals surface area (Å²) >= 11 is 0. The van der Waals surface area contributed by atoms with Gasteiger partial charge in [-0.3, -0.25) is 0 Å². The fraction of sp³-hybridized carbons (Fsp3) is 1.00. The summed E-state index contributed by atoms with van der Waals surface area (Å²) in [6.07, 6.45) is -0.312. The van der Waals surface area contributed by atoms with Gasteiger partial charge in [-0.1, -0.05) is 13.8 Å². The highest BCUT2D eigenvalue weighted by Gasteiger charge is 2.24. The monoisotopic (exact) mass is 176 g/mol. The van der Waals surface area contributed by atoms with Crippen LogP contribution >= 0.6 is 0 Å². The second-order valence-corrected chi connectivity index (χ2v) is 2.87. The van der Waals surface area contributed by atoms with E-state index < -0.39 is 18.3 Å². The highest BCUT2D eigenvalue weighted by atomic mass is 16.5. The van der Waals surface area contributed by atoms with E-state index >= 15 is 0 Å². The van der Waals surface area contributed by atoms with Crippen molar-refractivity contribution < 1.29 is 14.9 Å². The number of hydrogen-bond acceptors (Lipinski definition) is 3. The van der Waals surface area contributed by atoms with Crippen molar-refractivity contribution in [3.8, 4) is 0 Å². The number of ether oxygens (including phenoxy) is 1. The van der Waals surface area contributed by atoms with Crippen molar-refractivity contribution in [3.63, 3.8) is 0 Å². The molecule has 0 aliphatic rings. The molecule has 2 unspecified atom stereocenters. The molecule has 0 saturated heterocycles. The van der Waals surface area contributed by atoms with Crippen LogP contribution in [0.1, 0.15) is 33.6 Å². The first-order chi connectivity index (χ1) is 5.67. The van der Waals surface area contributed by atoms with Crippen LogP contribution in [-0.2, 0) is 4.74 Å². The first kappa shape index (κ1) is 11.9. The summed E-state index contributed by atoms with van der Waals surface area (Å²) in [6.45, 7) is 6.13. The van der Waals surface area contributed by atoms with E-state index in [1.807, 2.05) is 20.8 Å². The van der Waals surface area contributed by atoms with E-state index in [0.717, 1.165) is 0 Å². The van der Waals surface area contributed by atoms with Gasteiger partial charge in [-0.05, 0) is 19.8 Å². The molecule has 0 heterocycles. The maximum Gasteiger partial charge on any atom is 0.109 e. The Bertz CT molecular complexity index is 95.9. The van der Waals surface area contributed by atoms with Gasteiger partial charge in [0, 0.05) is 6.61 Å². The normalized spacial score (nSPS) is 18.8. The van der Waals surface area contributed by atoms with Gasteiger partial charge in [-0.15, -0.1) is 0 Å². The van der Waals surface area contributed by atoms with Crippen LogP contribution in [0.3, 0.4) is 0 Å². The average molecular weight is 176 g/mol. The first-order valence-electron chi connectivity index (χ1n) is 4.65. The molecule has 0 spiro atoms. The Morgan fingerprint density at radius 3 is 1.67 bits per heavy atom. The molecule has 0 aliphatic carbocycles. The summed E-state index contributed by atoms with van der Waals surface area (Å²) in [4.78, 5) is 0. The standard InChI is InChI=1S/C9H20O3/c1-4-7(10)9(12-6-3)8(11)5-2/h7-11H,4-6H2,1-3H3. The number of aliphatic hydroxyl groups excluding tert-OH is 2. The molecular formula is C9H20O3. The van der Waals surface area contributed by atoms with Crippen LogP contribution in [0.25, 0.3) is 0 Å². The van der Waals surface area contributed by atoms with E-state index in [2.05, 4.69) is 0 Å². The summed E-state index contributed by atoms with van der Waals surface area (Å²) in [5.74, 6) is 0. The zero-order chi connectivity index (χ0) is 9.56. The average Bonchev–Trinajstić information content (AvgIpc) is 2.11. The Labute approximate surface area is 74.4 Å². The van der Waals surface area contributed by atoms with E-state index in [4.69, 9.17) is 4.74 Å². The Morgan fingerprint density at radius 1 is 1.00 bits per heavy atom. The molecular weight excluding hydrogens is 156 g/mol. The van der Waals surface area contributed by atoms with Crippen molar-refractivity contribution in [2.75, 3.05) is 6.61 Å². The van der Waals surface area contributed by atoms with Crippen molar-refractivity contribution >= 4 is 0 Å². The molecule has 0 aromatic carbocycles. The van der Waals surface area contributed by atoms with E-state index in [1.54, 1.807) is 0 Å². The van der Waals surface area contributed by atoms with Crippen molar-refractivity contribution in [1.29, 1.82) is 0 Å². The van der Waals surface area contributed by atoms with Crippen LogP contribution in [0, 0.1) is 0 Å². The largest absolute Gasteiger partial charge is 0.390 e. The van der Waals surface area contributed by atoms with Gasteiger partial charge in [0.2, 0.25) is 0 Å². The van der Waals surface area contributed by atoms with Gasteiger partial charge in [0.1, 0.15) is 6.10 Å². The minimum atomic E-state index is -0.556. The molecule has 74 valence electrons. The number of rotatable bonds is 6. The molecule has 0 aromatic rings. The number of hydrogen-bond donors (Lipinski definition) is 2. The molecule has 2 atom stereocenters. The fourth-order valence-corrected chi connectivity index (χ4v) is 1.14. The van der Waals surface area contributed by atoms with Crippen LogP contribution in [-0.4, -0.2) is 35.1 Å². The smallest absolute Gasteiger partial charge is 0.109 e. The van der Waals surface area contributed by atoms with Crippen molar-refractivity contribution in [1.82, 2.24) is 0 Å². The third-order valence-electron chi connectivity index (χ3n) is 1.95. The number of aliphatic hydroxyl groups is 2. The Hall–Kier alpha value is -0.120. The van der Waals surface area contributed by atoms with Gasteiger partial charge in [-0.2, -0.15) is 0 Å². The molecule has 0 amide bonds. The van der Waals surface area contributed by atoms with E-state index in [1.165, 1.54) is 0 Å². The van der Waals surface area contributed by atoms with Crippen LogP contribution in [0.5, 0.6) is 0 Å². The first-order valence-corrected chi connectivity index (χ1v) is 4.65. The molecule has 12 heavy (non-hydrogen) atoms. The van der Waals surface area contributed by atoms with E-state index in [0.29, 0.717) is 19.4 Å². The molecule has 0 aromatic heterocycles. The second kappa shape index (κ2) is 6.40. The second-order valence-electron chi connectivity index (χ2n) is 2.87. The molecule has 0 saturated carbocycles. The maximum atomic E-state index is 9.47. The van der Waals surface area contributed by atoms with Gasteiger partial charge < -0.3 is 14.9 Å². The zero-order valence-corrected chi connectivity index (χ0v) is 8.16. The topological polar surface area (TPSA) is 49.7 Å². The molecule has 0 fully saturated rings. The predicted molar refractivity (Wildman–Crippen MR) is 48.0 cm³/mol. The highest BCUT2D eigenvalue weighted by molar-refractivity contribution is 4.74. The molecule has 3 heteroatoms. The van der Waals surface area contributed by atoms with Crippen molar-refractivity contribution in [2.45, 2.75) is 51.9 Å². The predicted octanol–water partition coefficient (Wildman–Crippen LogP) is 0.933. The van der Waals surface area contributed by atoms with Crippen molar-refractivity contribution in [2.24, 2.45) is 0 Å². The summed E-state index contributed by atoms with van der Waals surface area (Å²) in [5.41, 5.74) is 0. The minimum absolute atomic E-state index is 0.426. The summed E-state index contributed by atoms with van der Waals surface area (Å²) < 4.78 is 5.25. The van der Waals surface area contributed by atoms with Gasteiger partial charge in [0.25, 0.3) is 0 Å². The van der Waals surface area contributed by atoms with E-state index in [-0.39, 0.29) is 0 Å². The summed E-state index contributed by atoms with van der Waals surface area (Å²) in [7, 11) is 0. The quantitative estimate of drug-likeness (QED) is 0.633. The molecule has 0 radical (unpaired) electrons. The van der Waals surface area contributed by atoms with Crippen LogP contribution in [0.4, 0.5) is 0 Å². The van der Waals surface area contributed by atoms with Gasteiger partial charge in [-0.25, -0.2) is 0 Å². The van der Waals surface area contributed by atoms with Gasteiger partial charge in [0.15, 0.2) is 0 Å². The minimum Gasteiger partial charge on any atom is -0.390 e. The lowest BCUT2D eigenvalue weighted by Gasteiger charge is -2.25. The third-order valence-corrected chi connectivity index (χ3v) is 1.95. The Balaban J connectivity index is 4.01. The summed E-state index contributed by atoms with van der Waals surface area (Å²) in [6, 6.07) is 0. The zero-order valence-electron chi connectivity index (χ0n) is 8.16. The van der Waals surface area contributed by atoms with Crippen LogP contribution in [0.15, 0.2) is 0 Å². The van der Waals surface area contributed by atoms with Gasteiger partial charge >= 0.3 is 0 Å². The molecule has 0 aliphatic heterocycles. The Kier molecular flexibility index (Phi) is 6.34. The van der Waals surface area contributed by atoms with Crippen molar-refractivity contribution in [3.05, 3.63) is 0 Å². The van der Waals surface area contributed by atoms with Crippen LogP contribution < -0.4 is 0 Å². The van der Waals surface area contributed by atoms with Gasteiger partial charge in [0.05, 0.1) is 12.2 Å². The third kappa shape index (κ3) is 3.52. The lowest BCUT2D eigenvalue weighted by atomic mass is 10.0. The fourth-order valence-electron chi connectivity index (χ4n) is 1.14. The summed E-state index contributed by atoms with van der Waals surface area (Å²) in [5, 5.41) is 18.9. The van der Waals surface area contributed by atoms with E-state index in [9.17, 15) is 10.2 Å².